The summed E-state index contributed by atoms with van der Waals surface area (Å²) in [6.07, 6.45) is 1.13. The summed E-state index contributed by atoms with van der Waals surface area (Å²) in [4.78, 5) is 16.5. The van der Waals surface area contributed by atoms with Gasteiger partial charge in [0.1, 0.15) is 22.9 Å². The van der Waals surface area contributed by atoms with Gasteiger partial charge in [0.25, 0.3) is 0 Å². The number of fused-ring (bicyclic) bond motifs is 1. The van der Waals surface area contributed by atoms with Gasteiger partial charge in [0, 0.05) is 23.4 Å². The van der Waals surface area contributed by atoms with E-state index < -0.39 is 29.4 Å². The van der Waals surface area contributed by atoms with Crippen molar-refractivity contribution in [2.45, 2.75) is 38.8 Å². The van der Waals surface area contributed by atoms with Crippen molar-refractivity contribution < 1.29 is 23.4 Å². The smallest absolute Gasteiger partial charge is 0.414 e. The second kappa shape index (κ2) is 10.9. The van der Waals surface area contributed by atoms with Gasteiger partial charge in [-0.1, -0.05) is 5.92 Å². The maximum Gasteiger partial charge on any atom is 0.414 e. The molecule has 0 spiro atoms. The van der Waals surface area contributed by atoms with Crippen LogP contribution in [-0.2, 0) is 11.2 Å². The first-order chi connectivity index (χ1) is 18.0. The van der Waals surface area contributed by atoms with E-state index in [0.29, 0.717) is 33.7 Å². The number of hydrogen-bond acceptors (Lipinski definition) is 7. The normalized spacial score (nSPS) is 12.1. The Morgan fingerprint density at radius 3 is 2.61 bits per heavy atom. The van der Waals surface area contributed by atoms with Crippen LogP contribution < -0.4 is 11.1 Å². The number of carbonyl (C=O) groups is 1. The lowest BCUT2D eigenvalue weighted by molar-refractivity contribution is 0.143. The van der Waals surface area contributed by atoms with Crippen molar-refractivity contribution in [2.24, 2.45) is 5.73 Å². The number of benzene rings is 1. The highest BCUT2D eigenvalue weighted by Gasteiger charge is 2.19. The van der Waals surface area contributed by atoms with Crippen LogP contribution in [0, 0.1) is 23.5 Å². The molecular weight excluding hydrogens is 494 g/mol. The highest BCUT2D eigenvalue weighted by atomic mass is 19.1. The van der Waals surface area contributed by atoms with Crippen molar-refractivity contribution in [1.29, 1.82) is 0 Å². The molecule has 9 nitrogen and oxygen atoms in total. The molecule has 0 saturated heterocycles. The predicted molar refractivity (Wildman–Crippen MR) is 137 cm³/mol. The molecule has 0 bridgehead atoms. The molecule has 196 valence electrons. The maximum absolute atomic E-state index is 13.8. The molecule has 3 heterocycles. The van der Waals surface area contributed by atoms with E-state index in [4.69, 9.17) is 10.5 Å². The Morgan fingerprint density at radius 1 is 1.18 bits per heavy atom. The minimum Gasteiger partial charge on any atom is -0.450 e. The summed E-state index contributed by atoms with van der Waals surface area (Å²) >= 11 is 0. The number of aliphatic hydroxyl groups is 1. The van der Waals surface area contributed by atoms with Crippen LogP contribution in [0.4, 0.5) is 19.5 Å². The van der Waals surface area contributed by atoms with Gasteiger partial charge in [-0.05, 0) is 75.1 Å². The average molecular weight is 521 g/mol. The molecule has 0 fully saturated rings. The summed E-state index contributed by atoms with van der Waals surface area (Å²) in [5.74, 6) is 4.30. The van der Waals surface area contributed by atoms with Gasteiger partial charge in [0.15, 0.2) is 5.65 Å². The zero-order valence-electron chi connectivity index (χ0n) is 21.0. The quantitative estimate of drug-likeness (QED) is 0.328. The number of aromatic nitrogens is 4. The first-order valence-corrected chi connectivity index (χ1v) is 11.8. The Bertz CT molecular complexity index is 1530. The van der Waals surface area contributed by atoms with E-state index in [2.05, 4.69) is 32.3 Å². The second-order valence-electron chi connectivity index (χ2n) is 9.04. The number of nitrogens with zero attached hydrogens (tertiary/aromatic N) is 4. The molecule has 0 aliphatic carbocycles. The lowest BCUT2D eigenvalue weighted by atomic mass is 9.96. The van der Waals surface area contributed by atoms with E-state index in [1.54, 1.807) is 55.6 Å². The molecule has 38 heavy (non-hydrogen) atoms. The summed E-state index contributed by atoms with van der Waals surface area (Å²) in [5, 5.41) is 20.6. The number of nitrogens with one attached hydrogen (secondary N) is 1. The van der Waals surface area contributed by atoms with Crippen LogP contribution in [0.1, 0.15) is 43.8 Å². The molecule has 1 atom stereocenters. The summed E-state index contributed by atoms with van der Waals surface area (Å²) in [5.41, 5.74) is 8.21. The fourth-order valence-electron chi connectivity index (χ4n) is 3.76. The summed E-state index contributed by atoms with van der Waals surface area (Å²) in [6, 6.07) is 9.42. The van der Waals surface area contributed by atoms with E-state index >= 15 is 0 Å². The van der Waals surface area contributed by atoms with E-state index in [1.807, 2.05) is 0 Å². The monoisotopic (exact) mass is 520 g/mol. The molecule has 0 aliphatic rings. The molecule has 3 aromatic heterocycles. The van der Waals surface area contributed by atoms with E-state index in [-0.39, 0.29) is 19.0 Å². The SMILES string of the molecule is CCOC(=O)Nc1nnc2ccc(-c3ccc(C#CC(C)(C)O)nc3C(N)Cc3cc(F)cc(F)c3)cn12. The lowest BCUT2D eigenvalue weighted by Gasteiger charge is -2.17. The largest absolute Gasteiger partial charge is 0.450 e. The van der Waals surface area contributed by atoms with Gasteiger partial charge in [-0.15, -0.1) is 10.2 Å². The zero-order chi connectivity index (χ0) is 27.4. The van der Waals surface area contributed by atoms with Crippen LogP contribution in [-0.4, -0.2) is 43.0 Å². The zero-order valence-corrected chi connectivity index (χ0v) is 21.0. The van der Waals surface area contributed by atoms with Crippen molar-refractivity contribution in [2.75, 3.05) is 11.9 Å². The van der Waals surface area contributed by atoms with Gasteiger partial charge in [0.2, 0.25) is 5.95 Å². The Labute approximate surface area is 217 Å². The first-order valence-electron chi connectivity index (χ1n) is 11.8. The van der Waals surface area contributed by atoms with E-state index in [1.165, 1.54) is 12.1 Å². The highest BCUT2D eigenvalue weighted by molar-refractivity contribution is 5.83. The van der Waals surface area contributed by atoms with Crippen molar-refractivity contribution >= 4 is 17.7 Å². The minimum atomic E-state index is -1.23. The van der Waals surface area contributed by atoms with Crippen LogP contribution in [0.3, 0.4) is 0 Å². The number of anilines is 1. The van der Waals surface area contributed by atoms with Gasteiger partial charge >= 0.3 is 6.09 Å². The molecule has 1 unspecified atom stereocenters. The molecule has 0 saturated carbocycles. The number of amides is 1. The summed E-state index contributed by atoms with van der Waals surface area (Å²) in [6.45, 7) is 4.98. The number of hydrogen-bond donors (Lipinski definition) is 3. The van der Waals surface area contributed by atoms with Crippen LogP contribution in [0.15, 0.2) is 48.7 Å². The number of ether oxygens (including phenoxy) is 1. The third-order valence-electron chi connectivity index (χ3n) is 5.35. The third kappa shape index (κ3) is 6.47. The number of pyridine rings is 2. The summed E-state index contributed by atoms with van der Waals surface area (Å²) in [7, 11) is 0. The summed E-state index contributed by atoms with van der Waals surface area (Å²) < 4.78 is 34.1. The number of halogens is 2. The molecule has 1 amide bonds. The average Bonchev–Trinajstić information content (AvgIpc) is 3.23. The standard InChI is InChI=1S/C27H26F2N6O3/c1-4-38-26(36)32-25-34-33-23-8-5-17(15-35(23)25)21-7-6-20(9-10-27(2,3)37)31-24(21)22(30)13-16-11-18(28)14-19(29)12-16/h5-8,11-12,14-15,22,37H,4,13,30H2,1-3H3,(H,32,34,36). The van der Waals surface area contributed by atoms with Gasteiger partial charge in [-0.25, -0.2) is 18.6 Å². The maximum atomic E-state index is 13.8. The molecule has 11 heteroatoms. The van der Waals surface area contributed by atoms with Gasteiger partial charge < -0.3 is 15.6 Å². The van der Waals surface area contributed by atoms with E-state index in [0.717, 1.165) is 6.07 Å². The number of nitrogens with two attached hydrogens (primary N) is 1. The fourth-order valence-corrected chi connectivity index (χ4v) is 3.76. The van der Waals surface area contributed by atoms with E-state index in [9.17, 15) is 18.7 Å². The van der Waals surface area contributed by atoms with Gasteiger partial charge in [-0.2, -0.15) is 0 Å². The van der Waals surface area contributed by atoms with Crippen molar-refractivity contribution in [3.63, 3.8) is 0 Å². The van der Waals surface area contributed by atoms with Crippen molar-refractivity contribution in [1.82, 2.24) is 19.6 Å². The molecule has 0 radical (unpaired) electrons. The Kier molecular flexibility index (Phi) is 7.66. The first kappa shape index (κ1) is 26.7. The van der Waals surface area contributed by atoms with Crippen LogP contribution >= 0.6 is 0 Å². The second-order valence-corrected chi connectivity index (χ2v) is 9.04. The molecule has 1 aromatic carbocycles. The molecule has 4 aromatic rings. The topological polar surface area (TPSA) is 128 Å². The Hall–Kier alpha value is -4.40. The van der Waals surface area contributed by atoms with Gasteiger partial charge in [-0.3, -0.25) is 9.72 Å². The number of carbonyl (C=O) groups excluding carboxylic acids is 1. The predicted octanol–water partition coefficient (Wildman–Crippen LogP) is 4.00. The van der Waals surface area contributed by atoms with Crippen molar-refractivity contribution in [3.05, 3.63) is 77.2 Å². The molecule has 4 N–H and O–H groups in total. The molecule has 4 rings (SSSR count). The van der Waals surface area contributed by atoms with Crippen LogP contribution in [0.5, 0.6) is 0 Å². The minimum absolute atomic E-state index is 0.0988. The lowest BCUT2D eigenvalue weighted by Crippen LogP contribution is -2.18. The highest BCUT2D eigenvalue weighted by Crippen LogP contribution is 2.29. The van der Waals surface area contributed by atoms with Crippen molar-refractivity contribution in [3.8, 4) is 23.0 Å². The van der Waals surface area contributed by atoms with Gasteiger partial charge in [0.05, 0.1) is 18.3 Å². The number of rotatable bonds is 6. The van der Waals surface area contributed by atoms with Crippen LogP contribution in [0.25, 0.3) is 16.8 Å². The Morgan fingerprint density at radius 2 is 1.92 bits per heavy atom. The third-order valence-corrected chi connectivity index (χ3v) is 5.35. The Balaban J connectivity index is 1.78. The molecular formula is C27H26F2N6O3. The molecule has 0 aliphatic heterocycles. The fraction of sp³-hybridized carbons (Fsp3) is 0.259. The van der Waals surface area contributed by atoms with Crippen LogP contribution in [0.2, 0.25) is 0 Å².